The third kappa shape index (κ3) is 2.58. The van der Waals surface area contributed by atoms with Crippen molar-refractivity contribution in [3.63, 3.8) is 0 Å². The van der Waals surface area contributed by atoms with Crippen LogP contribution in [0.25, 0.3) is 0 Å². The minimum absolute atomic E-state index is 0.647. The number of anilines is 2. The van der Waals surface area contributed by atoms with Gasteiger partial charge in [-0.3, -0.25) is 0 Å². The average molecular weight is 283 g/mol. The molecule has 1 aromatic carbocycles. The van der Waals surface area contributed by atoms with Gasteiger partial charge in [-0.25, -0.2) is 9.97 Å². The molecule has 0 saturated heterocycles. The largest absolute Gasteiger partial charge is 0.497 e. The van der Waals surface area contributed by atoms with E-state index in [-0.39, 0.29) is 0 Å². The first-order valence-corrected chi connectivity index (χ1v) is 7.32. The molecule has 0 spiro atoms. The fourth-order valence-electron chi connectivity index (χ4n) is 2.99. The highest BCUT2D eigenvalue weighted by atomic mass is 16.5. The van der Waals surface area contributed by atoms with Crippen molar-refractivity contribution >= 4 is 11.5 Å². The van der Waals surface area contributed by atoms with Gasteiger partial charge in [0.05, 0.1) is 7.11 Å². The Hall–Kier alpha value is -2.10. The summed E-state index contributed by atoms with van der Waals surface area (Å²) in [6.45, 7) is 4.23. The Bertz CT molecular complexity index is 669. The molecule has 1 aliphatic rings. The van der Waals surface area contributed by atoms with E-state index in [0.29, 0.717) is 5.92 Å². The third-order valence-corrected chi connectivity index (χ3v) is 4.04. The summed E-state index contributed by atoms with van der Waals surface area (Å²) in [5, 5.41) is 0. The van der Waals surface area contributed by atoms with Crippen LogP contribution < -0.4 is 9.64 Å². The molecule has 1 aliphatic carbocycles. The van der Waals surface area contributed by atoms with Crippen molar-refractivity contribution in [3.05, 3.63) is 41.3 Å². The maximum Gasteiger partial charge on any atom is 0.139 e. The molecular formula is C17H21N3O. The third-order valence-electron chi connectivity index (χ3n) is 4.04. The molecule has 3 rings (SSSR count). The molecule has 1 heterocycles. The lowest BCUT2D eigenvalue weighted by Gasteiger charge is -2.22. The van der Waals surface area contributed by atoms with Crippen molar-refractivity contribution in [1.29, 1.82) is 0 Å². The highest BCUT2D eigenvalue weighted by Crippen LogP contribution is 2.35. The minimum Gasteiger partial charge on any atom is -0.497 e. The molecule has 21 heavy (non-hydrogen) atoms. The quantitative estimate of drug-likeness (QED) is 0.866. The van der Waals surface area contributed by atoms with Crippen LogP contribution in [-0.2, 0) is 12.8 Å². The summed E-state index contributed by atoms with van der Waals surface area (Å²) in [4.78, 5) is 11.4. The second-order valence-corrected chi connectivity index (χ2v) is 5.79. The van der Waals surface area contributed by atoms with E-state index in [4.69, 9.17) is 4.74 Å². The predicted octanol–water partition coefficient (Wildman–Crippen LogP) is 3.30. The van der Waals surface area contributed by atoms with Crippen LogP contribution in [0.4, 0.5) is 11.5 Å². The number of ether oxygens (including phenoxy) is 1. The molecule has 0 fully saturated rings. The van der Waals surface area contributed by atoms with Gasteiger partial charge in [0.15, 0.2) is 0 Å². The summed E-state index contributed by atoms with van der Waals surface area (Å²) in [7, 11) is 3.74. The number of aromatic nitrogens is 2. The van der Waals surface area contributed by atoms with Gasteiger partial charge in [0.2, 0.25) is 0 Å². The summed E-state index contributed by atoms with van der Waals surface area (Å²) in [5.74, 6) is 3.37. The van der Waals surface area contributed by atoms with E-state index < -0.39 is 0 Å². The first-order chi connectivity index (χ1) is 10.1. The zero-order valence-corrected chi connectivity index (χ0v) is 13.1. The topological polar surface area (TPSA) is 38.2 Å². The maximum atomic E-state index is 5.31. The van der Waals surface area contributed by atoms with Crippen molar-refractivity contribution in [2.45, 2.75) is 26.7 Å². The van der Waals surface area contributed by atoms with E-state index in [1.165, 1.54) is 11.3 Å². The van der Waals surface area contributed by atoms with Gasteiger partial charge < -0.3 is 9.64 Å². The molecular weight excluding hydrogens is 262 g/mol. The standard InChI is InChI=1S/C17H21N3O/c1-11-8-15-16(9-11)18-12(2)19-17(15)20(3)13-6-5-7-14(10-13)21-4/h5-7,10-11H,8-9H2,1-4H3. The van der Waals surface area contributed by atoms with Crippen LogP contribution in [0, 0.1) is 12.8 Å². The van der Waals surface area contributed by atoms with Crippen molar-refractivity contribution in [1.82, 2.24) is 9.97 Å². The number of nitrogens with zero attached hydrogens (tertiary/aromatic N) is 3. The molecule has 2 aromatic rings. The van der Waals surface area contributed by atoms with Gasteiger partial charge in [-0.05, 0) is 37.8 Å². The molecule has 0 saturated carbocycles. The van der Waals surface area contributed by atoms with Crippen LogP contribution in [0.2, 0.25) is 0 Å². The van der Waals surface area contributed by atoms with Crippen molar-refractivity contribution in [3.8, 4) is 5.75 Å². The highest BCUT2D eigenvalue weighted by molar-refractivity contribution is 5.65. The molecule has 0 bridgehead atoms. The zero-order valence-electron chi connectivity index (χ0n) is 13.1. The summed E-state index contributed by atoms with van der Waals surface area (Å²) >= 11 is 0. The van der Waals surface area contributed by atoms with Crippen molar-refractivity contribution in [2.24, 2.45) is 5.92 Å². The molecule has 1 atom stereocenters. The molecule has 1 aromatic heterocycles. The summed E-state index contributed by atoms with van der Waals surface area (Å²) in [6, 6.07) is 8.06. The second-order valence-electron chi connectivity index (χ2n) is 5.79. The van der Waals surface area contributed by atoms with E-state index in [2.05, 4.69) is 34.9 Å². The molecule has 4 heteroatoms. The SMILES string of the molecule is COc1cccc(N(C)c2nc(C)nc3c2CC(C)C3)c1. The molecule has 0 aliphatic heterocycles. The fourth-order valence-corrected chi connectivity index (χ4v) is 2.99. The molecule has 110 valence electrons. The van der Waals surface area contributed by atoms with Gasteiger partial charge in [-0.2, -0.15) is 0 Å². The summed E-state index contributed by atoms with van der Waals surface area (Å²) in [6.07, 6.45) is 2.11. The van der Waals surface area contributed by atoms with E-state index in [1.807, 2.05) is 25.1 Å². The Morgan fingerprint density at radius 1 is 1.24 bits per heavy atom. The Kier molecular flexibility index (Phi) is 3.53. The Balaban J connectivity index is 2.04. The highest BCUT2D eigenvalue weighted by Gasteiger charge is 2.25. The number of fused-ring (bicyclic) bond motifs is 1. The number of rotatable bonds is 3. The Morgan fingerprint density at radius 3 is 2.81 bits per heavy atom. The lowest BCUT2D eigenvalue weighted by Crippen LogP contribution is -2.15. The van der Waals surface area contributed by atoms with Crippen LogP contribution in [-0.4, -0.2) is 24.1 Å². The smallest absolute Gasteiger partial charge is 0.139 e. The maximum absolute atomic E-state index is 5.31. The van der Waals surface area contributed by atoms with Gasteiger partial charge >= 0.3 is 0 Å². The van der Waals surface area contributed by atoms with Crippen LogP contribution in [0.15, 0.2) is 24.3 Å². The lowest BCUT2D eigenvalue weighted by atomic mass is 10.1. The van der Waals surface area contributed by atoms with E-state index >= 15 is 0 Å². The van der Waals surface area contributed by atoms with Crippen molar-refractivity contribution in [2.75, 3.05) is 19.1 Å². The fraction of sp³-hybridized carbons (Fsp3) is 0.412. The lowest BCUT2D eigenvalue weighted by molar-refractivity contribution is 0.415. The second kappa shape index (κ2) is 5.35. The number of methoxy groups -OCH3 is 1. The van der Waals surface area contributed by atoms with Gasteiger partial charge in [0, 0.05) is 30.1 Å². The van der Waals surface area contributed by atoms with Crippen LogP contribution in [0.3, 0.4) is 0 Å². The number of hydrogen-bond donors (Lipinski definition) is 0. The molecule has 0 radical (unpaired) electrons. The summed E-state index contributed by atoms with van der Waals surface area (Å²) in [5.41, 5.74) is 3.58. The normalized spacial score (nSPS) is 16.7. The first kappa shape index (κ1) is 13.9. The summed E-state index contributed by atoms with van der Waals surface area (Å²) < 4.78 is 5.31. The predicted molar refractivity (Wildman–Crippen MR) is 84.4 cm³/mol. The number of benzene rings is 1. The molecule has 0 amide bonds. The van der Waals surface area contributed by atoms with Crippen molar-refractivity contribution < 1.29 is 4.74 Å². The Labute approximate surface area is 125 Å². The monoisotopic (exact) mass is 283 g/mol. The minimum atomic E-state index is 0.647. The average Bonchev–Trinajstić information content (AvgIpc) is 2.85. The van der Waals surface area contributed by atoms with Crippen LogP contribution >= 0.6 is 0 Å². The molecule has 4 nitrogen and oxygen atoms in total. The first-order valence-electron chi connectivity index (χ1n) is 7.32. The van der Waals surface area contributed by atoms with Gasteiger partial charge in [0.25, 0.3) is 0 Å². The number of hydrogen-bond acceptors (Lipinski definition) is 4. The van der Waals surface area contributed by atoms with Gasteiger partial charge in [-0.15, -0.1) is 0 Å². The zero-order chi connectivity index (χ0) is 15.0. The Morgan fingerprint density at radius 2 is 2.05 bits per heavy atom. The van der Waals surface area contributed by atoms with Gasteiger partial charge in [0.1, 0.15) is 17.4 Å². The van der Waals surface area contributed by atoms with E-state index in [9.17, 15) is 0 Å². The molecule has 0 N–H and O–H groups in total. The van der Waals surface area contributed by atoms with Crippen LogP contribution in [0.1, 0.15) is 24.0 Å². The van der Waals surface area contributed by atoms with E-state index in [1.54, 1.807) is 7.11 Å². The van der Waals surface area contributed by atoms with Gasteiger partial charge in [-0.1, -0.05) is 13.0 Å². The van der Waals surface area contributed by atoms with E-state index in [0.717, 1.165) is 35.9 Å². The van der Waals surface area contributed by atoms with Crippen LogP contribution in [0.5, 0.6) is 5.75 Å². The molecule has 1 unspecified atom stereocenters. The number of aryl methyl sites for hydroxylation is 1.